The summed E-state index contributed by atoms with van der Waals surface area (Å²) in [6.07, 6.45) is 1.64. The van der Waals surface area contributed by atoms with Gasteiger partial charge in [-0.1, -0.05) is 34.6 Å². The quantitative estimate of drug-likeness (QED) is 0.652. The Morgan fingerprint density at radius 1 is 1.10 bits per heavy atom. The van der Waals surface area contributed by atoms with E-state index in [0.29, 0.717) is 17.0 Å². The molecule has 0 aromatic carbocycles. The van der Waals surface area contributed by atoms with Crippen molar-refractivity contribution in [2.24, 2.45) is 5.92 Å². The Bertz CT molecular complexity index is 288. The van der Waals surface area contributed by atoms with Crippen molar-refractivity contribution in [1.29, 1.82) is 0 Å². The molecule has 3 heteroatoms. The van der Waals surface area contributed by atoms with Crippen molar-refractivity contribution >= 4 is 17.5 Å². The van der Waals surface area contributed by atoms with Gasteiger partial charge in [0.05, 0.1) is 0 Å². The van der Waals surface area contributed by atoms with Crippen LogP contribution in [-0.2, 0) is 4.79 Å². The molecule has 1 atom stereocenters. The number of Topliss-reactive ketones (excluding diaryl/α,β-unsaturated/α-hetero) is 1. The summed E-state index contributed by atoms with van der Waals surface area (Å²) in [5.41, 5.74) is 0.174. The summed E-state index contributed by atoms with van der Waals surface area (Å²) in [7, 11) is 0. The van der Waals surface area contributed by atoms with E-state index >= 15 is 0 Å². The maximum absolute atomic E-state index is 11.7. The highest BCUT2D eigenvalue weighted by atomic mass is 32.2. The summed E-state index contributed by atoms with van der Waals surface area (Å²) >= 11 is 2.01. The molecule has 0 fully saturated rings. The third-order valence-electron chi connectivity index (χ3n) is 3.58. The molecule has 0 aromatic rings. The highest BCUT2D eigenvalue weighted by molar-refractivity contribution is 8.00. The lowest BCUT2D eigenvalue weighted by molar-refractivity contribution is -0.122. The largest absolute Gasteiger partial charge is 0.299 e. The minimum absolute atomic E-state index is 0.174. The molecule has 0 heterocycles. The standard InChI is InChI=1S/C17H35NOS/c1-9-15(19)14(2)10-11-18(16(3,4)5)12-13-20-17(6,7)8/h14H,9-13H2,1-8H3. The van der Waals surface area contributed by atoms with Crippen LogP contribution < -0.4 is 0 Å². The van der Waals surface area contributed by atoms with E-state index in [1.165, 1.54) is 0 Å². The van der Waals surface area contributed by atoms with E-state index in [2.05, 4.69) is 53.4 Å². The van der Waals surface area contributed by atoms with Gasteiger partial charge in [0.25, 0.3) is 0 Å². The van der Waals surface area contributed by atoms with Crippen molar-refractivity contribution in [3.05, 3.63) is 0 Å². The van der Waals surface area contributed by atoms with Crippen molar-refractivity contribution in [1.82, 2.24) is 4.90 Å². The van der Waals surface area contributed by atoms with Gasteiger partial charge in [-0.25, -0.2) is 0 Å². The third kappa shape index (κ3) is 9.02. The SMILES string of the molecule is CCC(=O)C(C)CCN(CCSC(C)(C)C)C(C)(C)C. The van der Waals surface area contributed by atoms with Crippen LogP contribution in [0.1, 0.15) is 68.2 Å². The van der Waals surface area contributed by atoms with E-state index < -0.39 is 0 Å². The van der Waals surface area contributed by atoms with E-state index in [1.807, 2.05) is 18.7 Å². The minimum Gasteiger partial charge on any atom is -0.299 e. The molecule has 0 saturated heterocycles. The Hall–Kier alpha value is -0.0200. The molecule has 120 valence electrons. The first-order valence-electron chi connectivity index (χ1n) is 7.89. The summed E-state index contributed by atoms with van der Waals surface area (Å²) in [5, 5.41) is 0. The van der Waals surface area contributed by atoms with Crippen molar-refractivity contribution < 1.29 is 4.79 Å². The molecule has 0 bridgehead atoms. The normalized spacial score (nSPS) is 14.7. The van der Waals surface area contributed by atoms with Gasteiger partial charge >= 0.3 is 0 Å². The molecule has 0 amide bonds. The number of nitrogens with zero attached hydrogens (tertiary/aromatic N) is 1. The lowest BCUT2D eigenvalue weighted by atomic mass is 9.98. The molecule has 0 rings (SSSR count). The van der Waals surface area contributed by atoms with Gasteiger partial charge in [-0.2, -0.15) is 11.8 Å². The second-order valence-corrected chi connectivity index (χ2v) is 9.55. The lowest BCUT2D eigenvalue weighted by Gasteiger charge is -2.36. The molecule has 2 nitrogen and oxygen atoms in total. The van der Waals surface area contributed by atoms with Gasteiger partial charge in [0, 0.05) is 34.9 Å². The topological polar surface area (TPSA) is 20.3 Å². The summed E-state index contributed by atoms with van der Waals surface area (Å²) in [4.78, 5) is 14.2. The predicted molar refractivity (Wildman–Crippen MR) is 92.6 cm³/mol. The molecule has 0 aliphatic rings. The second-order valence-electron chi connectivity index (χ2n) is 7.63. The molecule has 0 saturated carbocycles. The molecule has 0 aliphatic heterocycles. The fraction of sp³-hybridized carbons (Fsp3) is 0.941. The molecule has 20 heavy (non-hydrogen) atoms. The van der Waals surface area contributed by atoms with Gasteiger partial charge in [0.2, 0.25) is 0 Å². The van der Waals surface area contributed by atoms with Crippen molar-refractivity contribution in [3.63, 3.8) is 0 Å². The van der Waals surface area contributed by atoms with E-state index in [4.69, 9.17) is 0 Å². The molecular formula is C17H35NOS. The Morgan fingerprint density at radius 2 is 1.65 bits per heavy atom. The van der Waals surface area contributed by atoms with Crippen LogP contribution in [0.3, 0.4) is 0 Å². The van der Waals surface area contributed by atoms with Gasteiger partial charge in [0.1, 0.15) is 5.78 Å². The first-order chi connectivity index (χ1) is 8.97. The van der Waals surface area contributed by atoms with E-state index in [1.54, 1.807) is 0 Å². The Morgan fingerprint density at radius 3 is 2.05 bits per heavy atom. The molecule has 0 N–H and O–H groups in total. The first-order valence-corrected chi connectivity index (χ1v) is 8.87. The highest BCUT2D eigenvalue weighted by Gasteiger charge is 2.23. The number of thioether (sulfide) groups is 1. The maximum Gasteiger partial charge on any atom is 0.135 e. The van der Waals surface area contributed by atoms with Crippen LogP contribution in [0.4, 0.5) is 0 Å². The first kappa shape index (κ1) is 20.0. The predicted octanol–water partition coefficient (Wildman–Crippen LogP) is 4.62. The van der Waals surface area contributed by atoms with Crippen molar-refractivity contribution in [2.45, 2.75) is 78.5 Å². The number of carbonyl (C=O) groups is 1. The number of hydrogen-bond donors (Lipinski definition) is 0. The fourth-order valence-corrected chi connectivity index (χ4v) is 3.03. The minimum atomic E-state index is 0.174. The molecule has 0 aromatic heterocycles. The van der Waals surface area contributed by atoms with E-state index in [9.17, 15) is 4.79 Å². The van der Waals surface area contributed by atoms with Gasteiger partial charge in [0.15, 0.2) is 0 Å². The Balaban J connectivity index is 4.34. The summed E-state index contributed by atoms with van der Waals surface area (Å²) in [5.74, 6) is 1.74. The summed E-state index contributed by atoms with van der Waals surface area (Å²) < 4.78 is 0.328. The molecule has 0 spiro atoms. The van der Waals surface area contributed by atoms with Crippen LogP contribution in [-0.4, -0.2) is 39.8 Å². The molecular weight excluding hydrogens is 266 g/mol. The van der Waals surface area contributed by atoms with Gasteiger partial charge < -0.3 is 0 Å². The van der Waals surface area contributed by atoms with E-state index in [-0.39, 0.29) is 11.5 Å². The van der Waals surface area contributed by atoms with Crippen LogP contribution in [0, 0.1) is 5.92 Å². The number of ketones is 1. The van der Waals surface area contributed by atoms with Crippen LogP contribution >= 0.6 is 11.8 Å². The molecule has 0 aliphatic carbocycles. The lowest BCUT2D eigenvalue weighted by Crippen LogP contribution is -2.44. The zero-order valence-corrected chi connectivity index (χ0v) is 15.7. The van der Waals surface area contributed by atoms with E-state index in [0.717, 1.165) is 25.3 Å². The fourth-order valence-electron chi connectivity index (χ4n) is 2.10. The maximum atomic E-state index is 11.7. The number of carbonyl (C=O) groups excluding carboxylic acids is 1. The van der Waals surface area contributed by atoms with Gasteiger partial charge in [-0.3, -0.25) is 9.69 Å². The zero-order valence-electron chi connectivity index (χ0n) is 14.9. The van der Waals surface area contributed by atoms with Crippen molar-refractivity contribution in [3.8, 4) is 0 Å². The van der Waals surface area contributed by atoms with Crippen molar-refractivity contribution in [2.75, 3.05) is 18.8 Å². The average molecular weight is 302 g/mol. The Kier molecular flexibility index (Phi) is 8.42. The molecule has 0 radical (unpaired) electrons. The molecule has 1 unspecified atom stereocenters. The highest BCUT2D eigenvalue weighted by Crippen LogP contribution is 2.24. The van der Waals surface area contributed by atoms with Gasteiger partial charge in [-0.05, 0) is 33.7 Å². The van der Waals surface area contributed by atoms with Crippen LogP contribution in [0.25, 0.3) is 0 Å². The smallest absolute Gasteiger partial charge is 0.135 e. The average Bonchev–Trinajstić information content (AvgIpc) is 2.28. The van der Waals surface area contributed by atoms with Crippen LogP contribution in [0.5, 0.6) is 0 Å². The second kappa shape index (κ2) is 8.43. The number of rotatable bonds is 8. The number of hydrogen-bond acceptors (Lipinski definition) is 3. The Labute approximate surface area is 131 Å². The monoisotopic (exact) mass is 301 g/mol. The zero-order chi connectivity index (χ0) is 16.0. The van der Waals surface area contributed by atoms with Crippen LogP contribution in [0.15, 0.2) is 0 Å². The van der Waals surface area contributed by atoms with Gasteiger partial charge in [-0.15, -0.1) is 0 Å². The van der Waals surface area contributed by atoms with Crippen LogP contribution in [0.2, 0.25) is 0 Å². The third-order valence-corrected chi connectivity index (χ3v) is 4.83. The summed E-state index contributed by atoms with van der Waals surface area (Å²) in [6, 6.07) is 0. The summed E-state index contributed by atoms with van der Waals surface area (Å²) in [6.45, 7) is 19.7.